The number of rotatable bonds is 7. The van der Waals surface area contributed by atoms with Crippen LogP contribution >= 0.6 is 12.4 Å². The maximum atomic E-state index is 13.1. The number of carbonyl (C=O) groups excluding carboxylic acids is 2. The van der Waals surface area contributed by atoms with Gasteiger partial charge in [0.05, 0.1) is 17.6 Å². The third-order valence-corrected chi connectivity index (χ3v) is 6.64. The number of nitrogens with one attached hydrogen (secondary N) is 1. The maximum Gasteiger partial charge on any atom is 0.338 e. The van der Waals surface area contributed by atoms with Crippen LogP contribution in [0.2, 0.25) is 0 Å². The van der Waals surface area contributed by atoms with Crippen molar-refractivity contribution in [3.05, 3.63) is 29.3 Å². The van der Waals surface area contributed by atoms with Crippen molar-refractivity contribution in [1.82, 2.24) is 9.62 Å². The molecule has 10 heteroatoms. The quantitative estimate of drug-likeness (QED) is 0.624. The first-order valence-electron chi connectivity index (χ1n) is 8.98. The standard InChI is InChI=1S/C18H27N3O5S.ClH/c1-13-11-15(6-7-16(13)18(23)26-2)27(24,25)21-10-4-3-5-14(21)12-20-17(22)8-9-19;/h6-7,11,14H,3-5,8-10,12,19H2,1-2H3,(H,20,22);1H. The number of hydrogen-bond acceptors (Lipinski definition) is 6. The molecule has 0 aromatic heterocycles. The molecule has 1 saturated heterocycles. The lowest BCUT2D eigenvalue weighted by molar-refractivity contribution is -0.121. The molecule has 0 spiro atoms. The van der Waals surface area contributed by atoms with Gasteiger partial charge in [-0.2, -0.15) is 4.31 Å². The smallest absolute Gasteiger partial charge is 0.338 e. The molecule has 0 saturated carbocycles. The summed E-state index contributed by atoms with van der Waals surface area (Å²) in [6, 6.07) is 4.08. The number of halogens is 1. The van der Waals surface area contributed by atoms with Gasteiger partial charge in [0.2, 0.25) is 15.9 Å². The lowest BCUT2D eigenvalue weighted by Gasteiger charge is -2.34. The van der Waals surface area contributed by atoms with E-state index in [1.807, 2.05) is 0 Å². The summed E-state index contributed by atoms with van der Waals surface area (Å²) in [6.45, 7) is 2.59. The van der Waals surface area contributed by atoms with E-state index < -0.39 is 16.0 Å². The first kappa shape index (κ1) is 24.4. The molecular weight excluding hydrogens is 406 g/mol. The number of ether oxygens (including phenoxy) is 1. The molecule has 1 unspecified atom stereocenters. The molecule has 0 bridgehead atoms. The van der Waals surface area contributed by atoms with Gasteiger partial charge in [-0.05, 0) is 43.5 Å². The SMILES string of the molecule is COC(=O)c1ccc(S(=O)(=O)N2CCCCC2CNC(=O)CCN)cc1C.Cl. The van der Waals surface area contributed by atoms with Gasteiger partial charge in [-0.25, -0.2) is 13.2 Å². The van der Waals surface area contributed by atoms with E-state index in [2.05, 4.69) is 5.32 Å². The molecule has 0 radical (unpaired) electrons. The Balaban J connectivity index is 0.00000392. The van der Waals surface area contributed by atoms with E-state index >= 15 is 0 Å². The number of esters is 1. The highest BCUT2D eigenvalue weighted by Crippen LogP contribution is 2.26. The van der Waals surface area contributed by atoms with Crippen LogP contribution in [-0.2, 0) is 19.6 Å². The second-order valence-electron chi connectivity index (χ2n) is 6.58. The summed E-state index contributed by atoms with van der Waals surface area (Å²) in [7, 11) is -2.46. The van der Waals surface area contributed by atoms with Crippen LogP contribution in [0, 0.1) is 6.92 Å². The molecule has 1 amide bonds. The van der Waals surface area contributed by atoms with Crippen molar-refractivity contribution < 1.29 is 22.7 Å². The number of benzene rings is 1. The van der Waals surface area contributed by atoms with E-state index in [4.69, 9.17) is 10.5 Å². The number of carbonyl (C=O) groups is 2. The minimum absolute atomic E-state index is 0. The van der Waals surface area contributed by atoms with Crippen LogP contribution < -0.4 is 11.1 Å². The molecule has 28 heavy (non-hydrogen) atoms. The van der Waals surface area contributed by atoms with Crippen LogP contribution in [0.4, 0.5) is 0 Å². The lowest BCUT2D eigenvalue weighted by atomic mass is 10.1. The summed E-state index contributed by atoms with van der Waals surface area (Å²) in [5, 5.41) is 2.76. The molecule has 1 heterocycles. The molecule has 8 nitrogen and oxygen atoms in total. The molecule has 158 valence electrons. The van der Waals surface area contributed by atoms with Gasteiger partial charge >= 0.3 is 5.97 Å². The molecule has 3 N–H and O–H groups in total. The number of nitrogens with zero attached hydrogens (tertiary/aromatic N) is 1. The molecule has 1 aromatic carbocycles. The Morgan fingerprint density at radius 2 is 2.04 bits per heavy atom. The van der Waals surface area contributed by atoms with Gasteiger partial charge in [0.15, 0.2) is 0 Å². The van der Waals surface area contributed by atoms with Crippen molar-refractivity contribution in [1.29, 1.82) is 0 Å². The average molecular weight is 434 g/mol. The third-order valence-electron chi connectivity index (χ3n) is 4.69. The molecular formula is C18H28ClN3O5S. The summed E-state index contributed by atoms with van der Waals surface area (Å²) in [6.07, 6.45) is 2.57. The van der Waals surface area contributed by atoms with Crippen molar-refractivity contribution in [3.63, 3.8) is 0 Å². The topological polar surface area (TPSA) is 119 Å². The van der Waals surface area contributed by atoms with E-state index in [1.54, 1.807) is 6.92 Å². The molecule has 1 aliphatic heterocycles. The van der Waals surface area contributed by atoms with Crippen LogP contribution in [-0.4, -0.2) is 57.4 Å². The Morgan fingerprint density at radius 3 is 2.64 bits per heavy atom. The van der Waals surface area contributed by atoms with Crippen LogP contribution in [0.15, 0.2) is 23.1 Å². The van der Waals surface area contributed by atoms with Gasteiger partial charge < -0.3 is 15.8 Å². The fourth-order valence-electron chi connectivity index (χ4n) is 3.22. The van der Waals surface area contributed by atoms with Crippen molar-refractivity contribution in [2.75, 3.05) is 26.7 Å². The predicted molar refractivity (Wildman–Crippen MR) is 108 cm³/mol. The average Bonchev–Trinajstić information content (AvgIpc) is 2.66. The molecule has 1 aliphatic rings. The summed E-state index contributed by atoms with van der Waals surface area (Å²) < 4.78 is 32.4. The van der Waals surface area contributed by atoms with Crippen LogP contribution in [0.1, 0.15) is 41.6 Å². The van der Waals surface area contributed by atoms with E-state index in [0.717, 1.165) is 12.8 Å². The van der Waals surface area contributed by atoms with Crippen molar-refractivity contribution >= 4 is 34.3 Å². The maximum absolute atomic E-state index is 13.1. The molecule has 1 fully saturated rings. The first-order valence-corrected chi connectivity index (χ1v) is 10.4. The van der Waals surface area contributed by atoms with Gasteiger partial charge in [0, 0.05) is 32.1 Å². The molecule has 2 rings (SSSR count). The Kier molecular flexibility index (Phi) is 9.35. The largest absolute Gasteiger partial charge is 0.465 e. The normalized spacial score (nSPS) is 17.5. The van der Waals surface area contributed by atoms with Crippen molar-refractivity contribution in [2.45, 2.75) is 43.5 Å². The number of piperidine rings is 1. The fourth-order valence-corrected chi connectivity index (χ4v) is 5.00. The van der Waals surface area contributed by atoms with Crippen molar-refractivity contribution in [3.8, 4) is 0 Å². The summed E-state index contributed by atoms with van der Waals surface area (Å²) in [5.41, 5.74) is 6.24. The van der Waals surface area contributed by atoms with E-state index in [1.165, 1.54) is 29.6 Å². The molecule has 1 atom stereocenters. The van der Waals surface area contributed by atoms with E-state index in [0.29, 0.717) is 24.1 Å². The number of hydrogen-bond donors (Lipinski definition) is 2. The van der Waals surface area contributed by atoms with Gasteiger partial charge in [0.25, 0.3) is 0 Å². The van der Waals surface area contributed by atoms with Crippen LogP contribution in [0.25, 0.3) is 0 Å². The third kappa shape index (κ3) is 5.66. The summed E-state index contributed by atoms with van der Waals surface area (Å²) in [4.78, 5) is 23.5. The number of methoxy groups -OCH3 is 1. The Bertz CT molecular complexity index is 800. The highest BCUT2D eigenvalue weighted by molar-refractivity contribution is 7.89. The number of aryl methyl sites for hydroxylation is 1. The second kappa shape index (κ2) is 10.8. The predicted octanol–water partition coefficient (Wildman–Crippen LogP) is 1.21. The molecule has 0 aliphatic carbocycles. The second-order valence-corrected chi connectivity index (χ2v) is 8.47. The number of nitrogens with two attached hydrogens (primary N) is 1. The minimum Gasteiger partial charge on any atom is -0.465 e. The number of sulfonamides is 1. The van der Waals surface area contributed by atoms with E-state index in [-0.39, 0.29) is 48.8 Å². The van der Waals surface area contributed by atoms with Gasteiger partial charge in [-0.3, -0.25) is 4.79 Å². The highest BCUT2D eigenvalue weighted by Gasteiger charge is 2.34. The van der Waals surface area contributed by atoms with E-state index in [9.17, 15) is 18.0 Å². The fraction of sp³-hybridized carbons (Fsp3) is 0.556. The first-order chi connectivity index (χ1) is 12.8. The van der Waals surface area contributed by atoms with Gasteiger partial charge in [-0.1, -0.05) is 6.42 Å². The Labute approximate surface area is 172 Å². The zero-order valence-electron chi connectivity index (χ0n) is 16.1. The monoisotopic (exact) mass is 433 g/mol. The summed E-state index contributed by atoms with van der Waals surface area (Å²) >= 11 is 0. The van der Waals surface area contributed by atoms with Gasteiger partial charge in [-0.15, -0.1) is 12.4 Å². The highest BCUT2D eigenvalue weighted by atomic mass is 35.5. The minimum atomic E-state index is -3.74. The zero-order valence-corrected chi connectivity index (χ0v) is 17.8. The van der Waals surface area contributed by atoms with Crippen LogP contribution in [0.5, 0.6) is 0 Å². The molecule has 1 aromatic rings. The van der Waals surface area contributed by atoms with Crippen LogP contribution in [0.3, 0.4) is 0 Å². The Hall–Kier alpha value is -1.68. The van der Waals surface area contributed by atoms with Crippen molar-refractivity contribution in [2.24, 2.45) is 5.73 Å². The number of amides is 1. The lowest BCUT2D eigenvalue weighted by Crippen LogP contribution is -2.49. The Morgan fingerprint density at radius 1 is 1.32 bits per heavy atom. The zero-order chi connectivity index (χ0) is 20.0. The van der Waals surface area contributed by atoms with Gasteiger partial charge in [0.1, 0.15) is 0 Å². The summed E-state index contributed by atoms with van der Waals surface area (Å²) in [5.74, 6) is -0.686.